The average Bonchev–Trinajstić information content (AvgIpc) is 2.15. The van der Waals surface area contributed by atoms with Crippen LogP contribution in [0, 0.1) is 5.92 Å². The molecule has 1 aliphatic rings. The molecule has 1 N–H and O–H groups in total. The lowest BCUT2D eigenvalue weighted by Gasteiger charge is -2.37. The van der Waals surface area contributed by atoms with Gasteiger partial charge in [0.05, 0.1) is 5.60 Å². The van der Waals surface area contributed by atoms with Crippen molar-refractivity contribution in [2.24, 2.45) is 5.92 Å². The van der Waals surface area contributed by atoms with Gasteiger partial charge in [-0.15, -0.1) is 0 Å². The van der Waals surface area contributed by atoms with Crippen molar-refractivity contribution < 1.29 is 5.11 Å². The molecular weight excluding hydrogens is 160 g/mol. The smallest absolute Gasteiger partial charge is 0.0673 e. The van der Waals surface area contributed by atoms with Gasteiger partial charge in [0.1, 0.15) is 0 Å². The molecule has 0 spiro atoms. The predicted molar refractivity (Wildman–Crippen MR) is 56.7 cm³/mol. The quantitative estimate of drug-likeness (QED) is 0.709. The minimum absolute atomic E-state index is 0.312. The van der Waals surface area contributed by atoms with E-state index in [0.29, 0.717) is 5.92 Å². The summed E-state index contributed by atoms with van der Waals surface area (Å²) in [6.45, 7) is 4.44. The Morgan fingerprint density at radius 3 is 2.38 bits per heavy atom. The highest BCUT2D eigenvalue weighted by atomic mass is 16.3. The van der Waals surface area contributed by atoms with Crippen molar-refractivity contribution in [2.45, 2.75) is 70.8 Å². The summed E-state index contributed by atoms with van der Waals surface area (Å²) in [6.07, 6.45) is 9.58. The lowest BCUT2D eigenvalue weighted by atomic mass is 9.75. The highest BCUT2D eigenvalue weighted by molar-refractivity contribution is 4.86. The standard InChI is InChI=1S/C12H24O/c1-3-4-8-11(2)12(13)9-6-5-7-10-12/h11,13H,3-10H2,1-2H3. The summed E-state index contributed by atoms with van der Waals surface area (Å²) >= 11 is 0. The van der Waals surface area contributed by atoms with Gasteiger partial charge in [0.2, 0.25) is 0 Å². The minimum Gasteiger partial charge on any atom is -0.390 e. The lowest BCUT2D eigenvalue weighted by Crippen LogP contribution is -2.38. The number of hydrogen-bond acceptors (Lipinski definition) is 1. The van der Waals surface area contributed by atoms with Crippen LogP contribution in [-0.4, -0.2) is 10.7 Å². The largest absolute Gasteiger partial charge is 0.390 e. The monoisotopic (exact) mass is 184 g/mol. The highest BCUT2D eigenvalue weighted by Crippen LogP contribution is 2.36. The van der Waals surface area contributed by atoms with Crippen LogP contribution in [0.1, 0.15) is 65.2 Å². The molecule has 1 saturated carbocycles. The molecule has 0 heterocycles. The van der Waals surface area contributed by atoms with Gasteiger partial charge in [-0.05, 0) is 25.2 Å². The van der Waals surface area contributed by atoms with Gasteiger partial charge in [-0.3, -0.25) is 0 Å². The van der Waals surface area contributed by atoms with Gasteiger partial charge in [0.15, 0.2) is 0 Å². The second-order valence-corrected chi connectivity index (χ2v) is 4.71. The molecule has 0 bridgehead atoms. The Balaban J connectivity index is 2.37. The molecule has 1 nitrogen and oxygen atoms in total. The molecular formula is C12H24O. The Bertz CT molecular complexity index is 136. The molecule has 0 aromatic rings. The molecule has 1 unspecified atom stereocenters. The molecule has 13 heavy (non-hydrogen) atoms. The third kappa shape index (κ3) is 2.98. The molecule has 1 fully saturated rings. The van der Waals surface area contributed by atoms with E-state index in [1.165, 1.54) is 38.5 Å². The maximum absolute atomic E-state index is 10.4. The summed E-state index contributed by atoms with van der Waals surface area (Å²) < 4.78 is 0. The van der Waals surface area contributed by atoms with Gasteiger partial charge >= 0.3 is 0 Å². The van der Waals surface area contributed by atoms with Crippen molar-refractivity contribution in [2.75, 3.05) is 0 Å². The number of hydrogen-bond donors (Lipinski definition) is 1. The maximum atomic E-state index is 10.4. The van der Waals surface area contributed by atoms with Crippen molar-refractivity contribution >= 4 is 0 Å². The van der Waals surface area contributed by atoms with E-state index in [2.05, 4.69) is 13.8 Å². The molecule has 0 amide bonds. The molecule has 0 aromatic heterocycles. The topological polar surface area (TPSA) is 20.2 Å². The van der Waals surface area contributed by atoms with Crippen LogP contribution in [0.5, 0.6) is 0 Å². The second-order valence-electron chi connectivity index (χ2n) is 4.71. The fourth-order valence-electron chi connectivity index (χ4n) is 2.44. The Morgan fingerprint density at radius 1 is 1.23 bits per heavy atom. The zero-order chi connectivity index (χ0) is 9.73. The van der Waals surface area contributed by atoms with Crippen molar-refractivity contribution in [3.05, 3.63) is 0 Å². The highest BCUT2D eigenvalue weighted by Gasteiger charge is 2.34. The number of rotatable bonds is 4. The molecule has 1 aliphatic carbocycles. The Morgan fingerprint density at radius 2 is 1.85 bits per heavy atom. The minimum atomic E-state index is -0.312. The Hall–Kier alpha value is -0.0400. The van der Waals surface area contributed by atoms with Crippen molar-refractivity contribution in [1.29, 1.82) is 0 Å². The van der Waals surface area contributed by atoms with E-state index in [9.17, 15) is 5.11 Å². The van der Waals surface area contributed by atoms with Crippen LogP contribution in [0.2, 0.25) is 0 Å². The van der Waals surface area contributed by atoms with Gasteiger partial charge in [-0.25, -0.2) is 0 Å². The first kappa shape index (κ1) is 11.0. The second kappa shape index (κ2) is 4.99. The summed E-state index contributed by atoms with van der Waals surface area (Å²) in [5.74, 6) is 0.507. The molecule has 0 aliphatic heterocycles. The van der Waals surface area contributed by atoms with Crippen molar-refractivity contribution in [1.82, 2.24) is 0 Å². The summed E-state index contributed by atoms with van der Waals surface area (Å²) in [5.41, 5.74) is -0.312. The molecule has 0 aromatic carbocycles. The van der Waals surface area contributed by atoms with Gasteiger partial charge in [0.25, 0.3) is 0 Å². The van der Waals surface area contributed by atoms with Crippen LogP contribution < -0.4 is 0 Å². The third-order valence-corrected chi connectivity index (χ3v) is 3.63. The average molecular weight is 184 g/mol. The van der Waals surface area contributed by atoms with E-state index < -0.39 is 0 Å². The van der Waals surface area contributed by atoms with Crippen molar-refractivity contribution in [3.63, 3.8) is 0 Å². The SMILES string of the molecule is CCCCC(C)C1(O)CCCCC1. The van der Waals surface area contributed by atoms with Gasteiger partial charge in [-0.2, -0.15) is 0 Å². The first-order chi connectivity index (χ1) is 6.19. The Kier molecular flexibility index (Phi) is 4.24. The van der Waals surface area contributed by atoms with E-state index in [1.54, 1.807) is 0 Å². The molecule has 78 valence electrons. The van der Waals surface area contributed by atoms with Crippen molar-refractivity contribution in [3.8, 4) is 0 Å². The fourth-order valence-corrected chi connectivity index (χ4v) is 2.44. The molecule has 1 heteroatoms. The van der Waals surface area contributed by atoms with Crippen LogP contribution in [0.4, 0.5) is 0 Å². The first-order valence-electron chi connectivity index (χ1n) is 5.91. The van der Waals surface area contributed by atoms with Crippen LogP contribution >= 0.6 is 0 Å². The van der Waals surface area contributed by atoms with Crippen LogP contribution in [0.25, 0.3) is 0 Å². The summed E-state index contributed by atoms with van der Waals surface area (Å²) in [7, 11) is 0. The number of unbranched alkanes of at least 4 members (excludes halogenated alkanes) is 1. The maximum Gasteiger partial charge on any atom is 0.0673 e. The van der Waals surface area contributed by atoms with E-state index in [4.69, 9.17) is 0 Å². The number of aliphatic hydroxyl groups is 1. The Labute approximate surface area is 82.5 Å². The van der Waals surface area contributed by atoms with Crippen LogP contribution in [-0.2, 0) is 0 Å². The van der Waals surface area contributed by atoms with E-state index in [0.717, 1.165) is 12.8 Å². The molecule has 0 radical (unpaired) electrons. The van der Waals surface area contributed by atoms with E-state index >= 15 is 0 Å². The van der Waals surface area contributed by atoms with Crippen LogP contribution in [0.3, 0.4) is 0 Å². The zero-order valence-electron chi connectivity index (χ0n) is 9.18. The lowest BCUT2D eigenvalue weighted by molar-refractivity contribution is -0.0462. The van der Waals surface area contributed by atoms with Gasteiger partial charge < -0.3 is 5.11 Å². The first-order valence-corrected chi connectivity index (χ1v) is 5.91. The van der Waals surface area contributed by atoms with Gasteiger partial charge in [0, 0.05) is 0 Å². The summed E-state index contributed by atoms with van der Waals surface area (Å²) in [5, 5.41) is 10.4. The van der Waals surface area contributed by atoms with Crippen LogP contribution in [0.15, 0.2) is 0 Å². The molecule has 0 saturated heterocycles. The zero-order valence-corrected chi connectivity index (χ0v) is 9.18. The van der Waals surface area contributed by atoms with E-state index in [1.807, 2.05) is 0 Å². The van der Waals surface area contributed by atoms with E-state index in [-0.39, 0.29) is 5.60 Å². The summed E-state index contributed by atoms with van der Waals surface area (Å²) in [6, 6.07) is 0. The fraction of sp³-hybridized carbons (Fsp3) is 1.00. The normalized spacial score (nSPS) is 24.2. The van der Waals surface area contributed by atoms with Gasteiger partial charge in [-0.1, -0.05) is 46.0 Å². The molecule has 1 rings (SSSR count). The summed E-state index contributed by atoms with van der Waals surface area (Å²) in [4.78, 5) is 0. The molecule has 1 atom stereocenters. The predicted octanol–water partition coefficient (Wildman–Crippen LogP) is 3.51. The third-order valence-electron chi connectivity index (χ3n) is 3.63.